The van der Waals surface area contributed by atoms with Gasteiger partial charge in [-0.1, -0.05) is 58.4 Å². The lowest BCUT2D eigenvalue weighted by Crippen LogP contribution is -2.48. The Morgan fingerprint density at radius 1 is 1.45 bits per heavy atom. The number of allylic oxidation sites excluding steroid dienone is 3. The van der Waals surface area contributed by atoms with Crippen LogP contribution in [0.15, 0.2) is 23.3 Å². The zero-order valence-electron chi connectivity index (χ0n) is 13.4. The minimum atomic E-state index is -0.918. The number of hydrogen-bond donors (Lipinski definition) is 1. The summed E-state index contributed by atoms with van der Waals surface area (Å²) >= 11 is 0. The van der Waals surface area contributed by atoms with Crippen molar-refractivity contribution in [1.29, 1.82) is 0 Å². The van der Waals surface area contributed by atoms with Gasteiger partial charge in [0.05, 0.1) is 5.41 Å². The van der Waals surface area contributed by atoms with Gasteiger partial charge in [-0.05, 0) is 35.4 Å². The summed E-state index contributed by atoms with van der Waals surface area (Å²) in [7, 11) is -0.918. The van der Waals surface area contributed by atoms with Crippen LogP contribution in [0, 0.1) is 11.3 Å². The number of rotatable bonds is 4. The average molecular weight is 292 g/mol. The Morgan fingerprint density at radius 3 is 2.70 bits per heavy atom. The first-order valence-corrected chi connectivity index (χ1v) is 11.1. The first-order valence-electron chi connectivity index (χ1n) is 8.16. The van der Waals surface area contributed by atoms with Gasteiger partial charge in [-0.3, -0.25) is 4.79 Å². The van der Waals surface area contributed by atoms with Gasteiger partial charge in [-0.25, -0.2) is 0 Å². The third-order valence-corrected chi connectivity index (χ3v) is 7.97. The second-order valence-corrected chi connectivity index (χ2v) is 10.2. The maximum Gasteiger partial charge on any atom is 0.227 e. The molecule has 20 heavy (non-hydrogen) atoms. The molecule has 0 radical (unpaired) electrons. The molecular weight excluding hydrogens is 262 g/mol. The van der Waals surface area contributed by atoms with Crippen LogP contribution in [0.25, 0.3) is 0 Å². The molecule has 0 aromatic heterocycles. The summed E-state index contributed by atoms with van der Waals surface area (Å²) in [5.41, 5.74) is 8.95. The van der Waals surface area contributed by atoms with Crippen molar-refractivity contribution in [3.8, 4) is 0 Å². The number of carbonyl (C=O) groups is 1. The Hall–Kier alpha value is -0.833. The van der Waals surface area contributed by atoms with E-state index in [-0.39, 0.29) is 11.3 Å². The van der Waals surface area contributed by atoms with Gasteiger partial charge in [0, 0.05) is 8.80 Å². The minimum absolute atomic E-state index is 0.0556. The fraction of sp³-hybridized carbons (Fsp3) is 0.706. The van der Waals surface area contributed by atoms with Crippen LogP contribution in [-0.2, 0) is 4.79 Å². The first kappa shape index (κ1) is 15.6. The number of primary amides is 1. The van der Waals surface area contributed by atoms with Gasteiger partial charge in [-0.2, -0.15) is 0 Å². The van der Waals surface area contributed by atoms with Crippen molar-refractivity contribution in [1.82, 2.24) is 0 Å². The fourth-order valence-electron chi connectivity index (χ4n) is 4.62. The number of nitrogens with two attached hydrogens (primary N) is 1. The summed E-state index contributed by atoms with van der Waals surface area (Å²) in [4.78, 5) is 12.6. The van der Waals surface area contributed by atoms with Crippen LogP contribution in [0.5, 0.6) is 0 Å². The third-order valence-electron chi connectivity index (χ3n) is 5.46. The van der Waals surface area contributed by atoms with Crippen molar-refractivity contribution in [2.24, 2.45) is 17.1 Å². The molecule has 2 nitrogen and oxygen atoms in total. The van der Waals surface area contributed by atoms with Gasteiger partial charge in [0.2, 0.25) is 5.91 Å². The lowest BCUT2D eigenvalue weighted by atomic mass is 9.64. The SMILES string of the molecule is CCC1=C(C2(C(N)=O)CCCCC2[SiH](C)C)C(C)C=C1. The number of carbonyl (C=O) groups excluding carboxylic acids is 1. The van der Waals surface area contributed by atoms with Gasteiger partial charge in [-0.15, -0.1) is 0 Å². The molecule has 2 N–H and O–H groups in total. The van der Waals surface area contributed by atoms with Crippen LogP contribution in [0.1, 0.15) is 46.0 Å². The van der Waals surface area contributed by atoms with Gasteiger partial charge in [0.25, 0.3) is 0 Å². The minimum Gasteiger partial charge on any atom is -0.369 e. The summed E-state index contributed by atoms with van der Waals surface area (Å²) in [6, 6.07) is 0. The Labute approximate surface area is 125 Å². The van der Waals surface area contributed by atoms with E-state index in [9.17, 15) is 4.79 Å². The van der Waals surface area contributed by atoms with Crippen LogP contribution in [0.4, 0.5) is 0 Å². The molecule has 1 saturated carbocycles. The molecule has 3 atom stereocenters. The first-order chi connectivity index (χ1) is 9.45. The molecule has 0 bridgehead atoms. The molecule has 2 rings (SSSR count). The maximum absolute atomic E-state index is 12.6. The molecule has 2 aliphatic rings. The normalized spacial score (nSPS) is 34.0. The van der Waals surface area contributed by atoms with Crippen molar-refractivity contribution in [3.63, 3.8) is 0 Å². The van der Waals surface area contributed by atoms with Crippen LogP contribution < -0.4 is 5.73 Å². The molecule has 3 heteroatoms. The summed E-state index contributed by atoms with van der Waals surface area (Å²) in [6.07, 6.45) is 10.1. The van der Waals surface area contributed by atoms with E-state index in [1.54, 1.807) is 0 Å². The van der Waals surface area contributed by atoms with Crippen molar-refractivity contribution in [2.75, 3.05) is 0 Å². The highest BCUT2D eigenvalue weighted by atomic mass is 28.3. The Bertz CT molecular complexity index is 452. The lowest BCUT2D eigenvalue weighted by molar-refractivity contribution is -0.127. The van der Waals surface area contributed by atoms with Crippen molar-refractivity contribution < 1.29 is 4.79 Å². The van der Waals surface area contributed by atoms with E-state index < -0.39 is 8.80 Å². The highest BCUT2D eigenvalue weighted by molar-refractivity contribution is 6.58. The molecule has 1 fully saturated rings. The molecule has 0 spiro atoms. The highest BCUT2D eigenvalue weighted by Crippen LogP contribution is 2.56. The molecular formula is C17H29NOSi. The summed E-state index contributed by atoms with van der Waals surface area (Å²) in [5.74, 6) is 0.325. The topological polar surface area (TPSA) is 43.1 Å². The van der Waals surface area contributed by atoms with Crippen LogP contribution in [0.2, 0.25) is 18.6 Å². The van der Waals surface area contributed by atoms with E-state index in [4.69, 9.17) is 5.73 Å². The average Bonchev–Trinajstić information content (AvgIpc) is 2.79. The Kier molecular flexibility index (Phi) is 4.58. The Morgan fingerprint density at radius 2 is 2.15 bits per heavy atom. The van der Waals surface area contributed by atoms with Crippen LogP contribution in [0.3, 0.4) is 0 Å². The molecule has 3 unspecified atom stereocenters. The Balaban J connectivity index is 2.57. The predicted octanol–water partition coefficient (Wildman–Crippen LogP) is 3.80. The van der Waals surface area contributed by atoms with Crippen molar-refractivity contribution in [3.05, 3.63) is 23.3 Å². The molecule has 0 aromatic carbocycles. The molecule has 2 aliphatic carbocycles. The molecule has 112 valence electrons. The van der Waals surface area contributed by atoms with Crippen LogP contribution in [-0.4, -0.2) is 14.7 Å². The van der Waals surface area contributed by atoms with E-state index in [1.165, 1.54) is 24.0 Å². The molecule has 0 aliphatic heterocycles. The summed E-state index contributed by atoms with van der Waals surface area (Å²) in [5, 5.41) is 0. The standard InChI is InChI=1S/C17H29NOSi/c1-5-13-10-9-12(2)15(13)17(16(18)19)11-7-6-8-14(17)20(3)4/h9-10,12,14,20H,5-8,11H2,1-4H3,(H2,18,19). The van der Waals surface area contributed by atoms with E-state index >= 15 is 0 Å². The molecule has 0 saturated heterocycles. The van der Waals surface area contributed by atoms with Gasteiger partial charge in [0.1, 0.15) is 0 Å². The number of hydrogen-bond acceptors (Lipinski definition) is 1. The summed E-state index contributed by atoms with van der Waals surface area (Å²) < 4.78 is 0. The quantitative estimate of drug-likeness (QED) is 0.787. The summed E-state index contributed by atoms with van der Waals surface area (Å²) in [6.45, 7) is 9.18. The van der Waals surface area contributed by atoms with Crippen molar-refractivity contribution in [2.45, 2.75) is 64.6 Å². The van der Waals surface area contributed by atoms with Crippen molar-refractivity contribution >= 4 is 14.7 Å². The van der Waals surface area contributed by atoms with Gasteiger partial charge >= 0.3 is 0 Å². The predicted molar refractivity (Wildman–Crippen MR) is 88.3 cm³/mol. The van der Waals surface area contributed by atoms with Crippen LogP contribution >= 0.6 is 0 Å². The molecule has 0 heterocycles. The monoisotopic (exact) mass is 291 g/mol. The smallest absolute Gasteiger partial charge is 0.227 e. The third kappa shape index (κ3) is 2.30. The zero-order chi connectivity index (χ0) is 14.9. The lowest BCUT2D eigenvalue weighted by Gasteiger charge is -2.46. The molecule has 1 amide bonds. The van der Waals surface area contributed by atoms with E-state index in [1.807, 2.05) is 0 Å². The molecule has 0 aromatic rings. The fourth-order valence-corrected chi connectivity index (χ4v) is 7.17. The van der Waals surface area contributed by atoms with E-state index in [0.29, 0.717) is 11.5 Å². The highest BCUT2D eigenvalue weighted by Gasteiger charge is 2.51. The largest absolute Gasteiger partial charge is 0.369 e. The van der Waals surface area contributed by atoms with E-state index in [2.05, 4.69) is 39.1 Å². The maximum atomic E-state index is 12.6. The second-order valence-electron chi connectivity index (χ2n) is 6.87. The van der Waals surface area contributed by atoms with Gasteiger partial charge in [0.15, 0.2) is 0 Å². The van der Waals surface area contributed by atoms with Gasteiger partial charge < -0.3 is 5.73 Å². The zero-order valence-corrected chi connectivity index (χ0v) is 14.6. The second kappa shape index (κ2) is 5.88. The van der Waals surface area contributed by atoms with E-state index in [0.717, 1.165) is 19.3 Å². The number of amides is 1.